The number of hydrogen-bond acceptors (Lipinski definition) is 5. The number of methoxy groups -OCH3 is 4. The summed E-state index contributed by atoms with van der Waals surface area (Å²) >= 11 is 0. The molecule has 0 aliphatic heterocycles. The monoisotopic (exact) mass is 716 g/mol. The summed E-state index contributed by atoms with van der Waals surface area (Å²) in [7, 11) is 6.68. The minimum atomic E-state index is -0.796. The number of rotatable bonds is 7. The van der Waals surface area contributed by atoms with Gasteiger partial charge in [0.1, 0.15) is 23.0 Å². The first-order valence-corrected chi connectivity index (χ1v) is 18.3. The summed E-state index contributed by atoms with van der Waals surface area (Å²) in [6, 6.07) is 45.9. The Labute approximate surface area is 319 Å². The van der Waals surface area contributed by atoms with Crippen LogP contribution in [0.5, 0.6) is 23.0 Å². The summed E-state index contributed by atoms with van der Waals surface area (Å²) < 4.78 is 22.7. The van der Waals surface area contributed by atoms with Gasteiger partial charge in [0.25, 0.3) is 0 Å². The molecule has 55 heavy (non-hydrogen) atoms. The van der Waals surface area contributed by atoms with Crippen molar-refractivity contribution in [3.8, 4) is 23.0 Å². The molecular formula is C50H36O5. The first-order valence-electron chi connectivity index (χ1n) is 18.3. The molecule has 0 aromatic heterocycles. The van der Waals surface area contributed by atoms with Crippen molar-refractivity contribution in [3.05, 3.63) is 201 Å². The van der Waals surface area contributed by atoms with E-state index in [4.69, 9.17) is 18.9 Å². The van der Waals surface area contributed by atoms with Crippen LogP contribution in [-0.2, 0) is 5.41 Å². The van der Waals surface area contributed by atoms with Crippen LogP contribution in [0, 0.1) is 0 Å². The predicted octanol–water partition coefficient (Wildman–Crippen LogP) is 10.7. The summed E-state index contributed by atoms with van der Waals surface area (Å²) in [5.74, 6) is 2.88. The van der Waals surface area contributed by atoms with Gasteiger partial charge in [-0.2, -0.15) is 0 Å². The maximum atomic E-state index is 15.4. The minimum Gasteiger partial charge on any atom is -0.497 e. The van der Waals surface area contributed by atoms with Gasteiger partial charge < -0.3 is 18.9 Å². The standard InChI is InChI=1S/C50H36O5/c1-52-33-17-13-29(14-18-33)37(30-15-19-34(53-2)20-16-30)25-26-40-48-47(38-23-21-35(54-3)27-41(38)49(40)51)39-24-22-36(55-4)28-44(39)50(48)42-9-5-7-31-11-12-32-8-6-10-43(50)46(32)45(31)42/h5-28H,1-4H3/b40-26-. The summed E-state index contributed by atoms with van der Waals surface area (Å²) in [6.45, 7) is 0. The maximum absolute atomic E-state index is 15.4. The molecule has 1 spiro atoms. The van der Waals surface area contributed by atoms with Crippen LogP contribution in [-0.4, -0.2) is 34.2 Å². The van der Waals surface area contributed by atoms with E-state index < -0.39 is 5.41 Å². The number of allylic oxidation sites excluding steroid dienone is 4. The summed E-state index contributed by atoms with van der Waals surface area (Å²) in [5, 5.41) is 4.79. The number of carbonyl (C=O) groups is 1. The van der Waals surface area contributed by atoms with E-state index >= 15 is 4.79 Å². The number of ether oxygens (including phenoxy) is 4. The first-order chi connectivity index (χ1) is 27.0. The number of benzene rings is 7. The Hall–Kier alpha value is -6.85. The molecule has 5 heteroatoms. The van der Waals surface area contributed by atoms with Crippen LogP contribution >= 0.6 is 0 Å². The first kappa shape index (κ1) is 32.8. The van der Waals surface area contributed by atoms with E-state index in [-0.39, 0.29) is 5.78 Å². The lowest BCUT2D eigenvalue weighted by molar-refractivity contribution is 0.103. The van der Waals surface area contributed by atoms with Crippen molar-refractivity contribution in [1.29, 1.82) is 0 Å². The number of hydrogen-bond donors (Lipinski definition) is 0. The molecule has 0 radical (unpaired) electrons. The molecule has 7 aromatic carbocycles. The minimum absolute atomic E-state index is 0.0536. The van der Waals surface area contributed by atoms with Crippen molar-refractivity contribution in [2.45, 2.75) is 5.41 Å². The summed E-state index contributed by atoms with van der Waals surface area (Å²) in [6.07, 6.45) is 4.13. The molecule has 3 aliphatic carbocycles. The molecule has 0 fully saturated rings. The Balaban J connectivity index is 1.33. The Kier molecular flexibility index (Phi) is 7.36. The van der Waals surface area contributed by atoms with Crippen molar-refractivity contribution in [3.63, 3.8) is 0 Å². The second-order valence-corrected chi connectivity index (χ2v) is 14.1. The molecule has 10 rings (SSSR count). The van der Waals surface area contributed by atoms with Crippen molar-refractivity contribution < 1.29 is 23.7 Å². The van der Waals surface area contributed by atoms with E-state index in [1.54, 1.807) is 28.4 Å². The van der Waals surface area contributed by atoms with Gasteiger partial charge in [-0.05, 0) is 132 Å². The van der Waals surface area contributed by atoms with Crippen LogP contribution in [0.4, 0.5) is 0 Å². The molecular weight excluding hydrogens is 681 g/mol. The lowest BCUT2D eigenvalue weighted by atomic mass is 9.65. The van der Waals surface area contributed by atoms with E-state index in [0.29, 0.717) is 16.9 Å². The highest BCUT2D eigenvalue weighted by molar-refractivity contribution is 6.25. The number of carbonyl (C=O) groups excluding carboxylic acids is 1. The third-order valence-corrected chi connectivity index (χ3v) is 11.7. The van der Waals surface area contributed by atoms with E-state index in [1.165, 1.54) is 32.7 Å². The molecule has 0 unspecified atom stereocenters. The van der Waals surface area contributed by atoms with Gasteiger partial charge in [-0.25, -0.2) is 0 Å². The second-order valence-electron chi connectivity index (χ2n) is 14.1. The van der Waals surface area contributed by atoms with Crippen molar-refractivity contribution in [2.24, 2.45) is 0 Å². The predicted molar refractivity (Wildman–Crippen MR) is 219 cm³/mol. The van der Waals surface area contributed by atoms with Gasteiger partial charge in [-0.15, -0.1) is 0 Å². The van der Waals surface area contributed by atoms with Gasteiger partial charge in [0.2, 0.25) is 0 Å². The van der Waals surface area contributed by atoms with Crippen LogP contribution < -0.4 is 18.9 Å². The number of ketones is 1. The molecule has 266 valence electrons. The molecule has 0 saturated heterocycles. The molecule has 0 bridgehead atoms. The van der Waals surface area contributed by atoms with E-state index in [9.17, 15) is 0 Å². The lowest BCUT2D eigenvalue weighted by Crippen LogP contribution is -2.31. The molecule has 0 N–H and O–H groups in total. The molecule has 0 atom stereocenters. The smallest absolute Gasteiger partial charge is 0.194 e. The average molecular weight is 717 g/mol. The van der Waals surface area contributed by atoms with Gasteiger partial charge in [0.05, 0.1) is 33.9 Å². The molecule has 0 heterocycles. The maximum Gasteiger partial charge on any atom is 0.194 e. The average Bonchev–Trinajstić information content (AvgIpc) is 3.72. The Morgan fingerprint density at radius 3 is 1.56 bits per heavy atom. The van der Waals surface area contributed by atoms with E-state index in [0.717, 1.165) is 61.8 Å². The fraction of sp³-hybridized carbons (Fsp3) is 0.100. The fourth-order valence-electron chi connectivity index (χ4n) is 9.28. The van der Waals surface area contributed by atoms with E-state index in [2.05, 4.69) is 91.0 Å². The van der Waals surface area contributed by atoms with Crippen LogP contribution in [0.3, 0.4) is 0 Å². The highest BCUT2D eigenvalue weighted by Gasteiger charge is 2.55. The lowest BCUT2D eigenvalue weighted by Gasteiger charge is -2.35. The van der Waals surface area contributed by atoms with Gasteiger partial charge >= 0.3 is 0 Å². The van der Waals surface area contributed by atoms with Crippen molar-refractivity contribution in [2.75, 3.05) is 28.4 Å². The molecule has 7 aromatic rings. The second kappa shape index (κ2) is 12.4. The topological polar surface area (TPSA) is 54.0 Å². The Bertz CT molecular complexity index is 2740. The fourth-order valence-corrected chi connectivity index (χ4v) is 9.28. The molecule has 0 amide bonds. The zero-order valence-electron chi connectivity index (χ0n) is 30.9. The quantitative estimate of drug-likeness (QED) is 0.121. The Morgan fingerprint density at radius 2 is 1.02 bits per heavy atom. The van der Waals surface area contributed by atoms with Crippen molar-refractivity contribution in [1.82, 2.24) is 0 Å². The Morgan fingerprint density at radius 1 is 0.509 bits per heavy atom. The highest BCUT2D eigenvalue weighted by atomic mass is 16.5. The van der Waals surface area contributed by atoms with Gasteiger partial charge in [-0.3, -0.25) is 4.79 Å². The zero-order chi connectivity index (χ0) is 37.4. The van der Waals surface area contributed by atoms with Crippen LogP contribution in [0.1, 0.15) is 49.3 Å². The van der Waals surface area contributed by atoms with E-state index in [1.807, 2.05) is 54.6 Å². The normalized spacial score (nSPS) is 15.1. The summed E-state index contributed by atoms with van der Waals surface area (Å²) in [5.41, 5.74) is 10.8. The third kappa shape index (κ3) is 4.56. The number of fused-ring (bicyclic) bond motifs is 8. The van der Waals surface area contributed by atoms with Crippen molar-refractivity contribution >= 4 is 38.5 Å². The van der Waals surface area contributed by atoms with Gasteiger partial charge in [-0.1, -0.05) is 91.0 Å². The van der Waals surface area contributed by atoms with Crippen LogP contribution in [0.15, 0.2) is 157 Å². The van der Waals surface area contributed by atoms with Gasteiger partial charge in [0, 0.05) is 11.1 Å². The van der Waals surface area contributed by atoms with Crippen LogP contribution in [0.25, 0.3) is 32.7 Å². The van der Waals surface area contributed by atoms with Gasteiger partial charge in [0.15, 0.2) is 5.78 Å². The number of Topliss-reactive ketones (excluding diaryl/α,β-unsaturated/α-hetero) is 1. The zero-order valence-corrected chi connectivity index (χ0v) is 30.9. The molecule has 5 nitrogen and oxygen atoms in total. The third-order valence-electron chi connectivity index (χ3n) is 11.7. The summed E-state index contributed by atoms with van der Waals surface area (Å²) in [4.78, 5) is 15.4. The largest absolute Gasteiger partial charge is 0.497 e. The molecule has 3 aliphatic rings. The SMILES string of the molecule is COc1ccc(C(=C/C=C2\C(=O)c3cc(OC)ccc3C3=C2C2(c4cc(OC)ccc43)c3cccc4ccc5cccc2c5c34)c2ccc(OC)cc2)cc1. The highest BCUT2D eigenvalue weighted by Crippen LogP contribution is 2.65. The van der Waals surface area contributed by atoms with Crippen LogP contribution in [0.2, 0.25) is 0 Å². The molecule has 0 saturated carbocycles.